The molecule has 2 aliphatic rings. The highest BCUT2D eigenvalue weighted by Crippen LogP contribution is 2.37. The molecule has 1 aromatic carbocycles. The van der Waals surface area contributed by atoms with Crippen molar-refractivity contribution in [1.29, 1.82) is 0 Å². The fourth-order valence-corrected chi connectivity index (χ4v) is 4.12. The van der Waals surface area contributed by atoms with Gasteiger partial charge < -0.3 is 20.7 Å². The summed E-state index contributed by atoms with van der Waals surface area (Å²) in [5.41, 5.74) is 10.1. The van der Waals surface area contributed by atoms with Crippen molar-refractivity contribution in [3.63, 3.8) is 0 Å². The van der Waals surface area contributed by atoms with Crippen molar-refractivity contribution in [2.75, 3.05) is 42.2 Å². The van der Waals surface area contributed by atoms with Crippen molar-refractivity contribution in [3.8, 4) is 5.88 Å². The van der Waals surface area contributed by atoms with Gasteiger partial charge in [-0.15, -0.1) is 0 Å². The lowest BCUT2D eigenvalue weighted by molar-refractivity contribution is -0.115. The summed E-state index contributed by atoms with van der Waals surface area (Å²) in [5.74, 6) is 0.715. The summed E-state index contributed by atoms with van der Waals surface area (Å²) >= 11 is 0. The molecule has 0 spiro atoms. The number of nitrogen functional groups attached to an aromatic ring is 1. The van der Waals surface area contributed by atoms with Crippen LogP contribution >= 0.6 is 0 Å². The van der Waals surface area contributed by atoms with Crippen molar-refractivity contribution in [2.24, 2.45) is 0 Å². The van der Waals surface area contributed by atoms with Gasteiger partial charge in [-0.05, 0) is 43.5 Å². The number of anilines is 3. The van der Waals surface area contributed by atoms with E-state index >= 15 is 0 Å². The van der Waals surface area contributed by atoms with Crippen molar-refractivity contribution in [2.45, 2.75) is 45.7 Å². The van der Waals surface area contributed by atoms with Crippen LogP contribution in [0.5, 0.6) is 5.88 Å². The minimum atomic E-state index is -0.0797. The predicted octanol–water partition coefficient (Wildman–Crippen LogP) is 3.40. The number of hydrogen-bond acceptors (Lipinski definition) is 6. The van der Waals surface area contributed by atoms with Gasteiger partial charge in [0.15, 0.2) is 5.82 Å². The Morgan fingerprint density at radius 2 is 1.93 bits per heavy atom. The number of nitrogens with zero attached hydrogens (tertiary/aromatic N) is 3. The molecule has 0 radical (unpaired) electrons. The Labute approximate surface area is 178 Å². The van der Waals surface area contributed by atoms with E-state index in [1.165, 1.54) is 37.1 Å². The number of nitrogens with one attached hydrogen (secondary N) is 1. The number of carbonyl (C=O) groups excluding carboxylic acids is 1. The molecule has 1 aromatic heterocycles. The highest BCUT2D eigenvalue weighted by Gasteiger charge is 2.26. The van der Waals surface area contributed by atoms with Gasteiger partial charge >= 0.3 is 0 Å². The highest BCUT2D eigenvalue weighted by molar-refractivity contribution is 6.04. The molecule has 7 heteroatoms. The Morgan fingerprint density at radius 3 is 2.70 bits per heavy atom. The third-order valence-corrected chi connectivity index (χ3v) is 5.66. The third kappa shape index (κ3) is 4.84. The van der Waals surface area contributed by atoms with Gasteiger partial charge in [0.2, 0.25) is 11.8 Å². The monoisotopic (exact) mass is 409 g/mol. The van der Waals surface area contributed by atoms with Crippen LogP contribution in [-0.4, -0.2) is 42.0 Å². The smallest absolute Gasteiger partial charge is 0.244 e. The van der Waals surface area contributed by atoms with Crippen LogP contribution in [0.25, 0.3) is 0 Å². The van der Waals surface area contributed by atoms with Gasteiger partial charge in [0.05, 0.1) is 18.8 Å². The largest absolute Gasteiger partial charge is 0.478 e. The standard InChI is InChI=1S/C23H31N5O2/c1-2-3-11-30-21-13-19-22(23(24)26-21)25-20(29)16-28(19)15-18-8-6-7-17(12-18)14-27-9-4-5-10-27/h6-8,12-13H,2-5,9-11,14-16H2,1H3,(H2,24,26)(H,25,29). The van der Waals surface area contributed by atoms with E-state index in [0.29, 0.717) is 30.5 Å². The van der Waals surface area contributed by atoms with Gasteiger partial charge in [0, 0.05) is 19.2 Å². The molecule has 2 aromatic rings. The lowest BCUT2D eigenvalue weighted by Gasteiger charge is -2.31. The Hall–Kier alpha value is -2.80. The maximum Gasteiger partial charge on any atom is 0.244 e. The molecular weight excluding hydrogens is 378 g/mol. The van der Waals surface area contributed by atoms with Gasteiger partial charge in [-0.2, -0.15) is 4.98 Å². The maximum absolute atomic E-state index is 12.3. The zero-order valence-electron chi connectivity index (χ0n) is 17.7. The number of nitrogens with two attached hydrogens (primary N) is 1. The number of benzene rings is 1. The quantitative estimate of drug-likeness (QED) is 0.650. The van der Waals surface area contributed by atoms with Crippen molar-refractivity contribution in [1.82, 2.24) is 9.88 Å². The first kappa shape index (κ1) is 20.5. The summed E-state index contributed by atoms with van der Waals surface area (Å²) in [5, 5.41) is 2.87. The molecule has 160 valence electrons. The molecule has 1 fully saturated rings. The zero-order valence-corrected chi connectivity index (χ0v) is 17.7. The molecule has 0 unspecified atom stereocenters. The van der Waals surface area contributed by atoms with Crippen molar-refractivity contribution in [3.05, 3.63) is 41.5 Å². The number of likely N-dealkylation sites (tertiary alicyclic amines) is 1. The minimum Gasteiger partial charge on any atom is -0.478 e. The van der Waals surface area contributed by atoms with Gasteiger partial charge in [-0.3, -0.25) is 9.69 Å². The van der Waals surface area contributed by atoms with Gasteiger partial charge in [0.1, 0.15) is 5.69 Å². The number of unbranched alkanes of at least 4 members (excludes halogenated alkanes) is 1. The number of carbonyl (C=O) groups is 1. The van der Waals surface area contributed by atoms with Crippen molar-refractivity contribution >= 4 is 23.1 Å². The topological polar surface area (TPSA) is 83.7 Å². The highest BCUT2D eigenvalue weighted by atomic mass is 16.5. The normalized spacial score (nSPS) is 16.4. The number of aromatic nitrogens is 1. The van der Waals surface area contributed by atoms with Gasteiger partial charge in [0.25, 0.3) is 0 Å². The maximum atomic E-state index is 12.3. The number of pyridine rings is 1. The average molecular weight is 410 g/mol. The average Bonchev–Trinajstić information content (AvgIpc) is 3.22. The molecule has 0 bridgehead atoms. The summed E-state index contributed by atoms with van der Waals surface area (Å²) in [6.07, 6.45) is 4.59. The van der Waals surface area contributed by atoms with E-state index in [4.69, 9.17) is 10.5 Å². The Kier molecular flexibility index (Phi) is 6.38. The second kappa shape index (κ2) is 9.34. The van der Waals surface area contributed by atoms with E-state index in [1.807, 2.05) is 11.0 Å². The zero-order chi connectivity index (χ0) is 20.9. The van der Waals surface area contributed by atoms with Gasteiger partial charge in [-0.25, -0.2) is 0 Å². The first-order chi connectivity index (χ1) is 14.6. The molecule has 0 saturated carbocycles. The first-order valence-electron chi connectivity index (χ1n) is 10.9. The van der Waals surface area contributed by atoms with E-state index in [0.717, 1.165) is 25.1 Å². The van der Waals surface area contributed by atoms with Crippen LogP contribution in [0.4, 0.5) is 17.2 Å². The summed E-state index contributed by atoms with van der Waals surface area (Å²) in [6.45, 7) is 6.97. The number of amides is 1. The lowest BCUT2D eigenvalue weighted by Crippen LogP contribution is -2.38. The molecule has 0 aliphatic carbocycles. The Morgan fingerprint density at radius 1 is 1.17 bits per heavy atom. The van der Waals surface area contributed by atoms with Crippen LogP contribution in [0, 0.1) is 0 Å². The van der Waals surface area contributed by atoms with E-state index in [1.54, 1.807) is 0 Å². The number of ether oxygens (including phenoxy) is 1. The molecule has 4 rings (SSSR count). The molecule has 2 aliphatic heterocycles. The number of hydrogen-bond donors (Lipinski definition) is 2. The van der Waals surface area contributed by atoms with Crippen LogP contribution in [0.15, 0.2) is 30.3 Å². The molecule has 30 heavy (non-hydrogen) atoms. The predicted molar refractivity (Wildman–Crippen MR) is 120 cm³/mol. The van der Waals surface area contributed by atoms with Crippen LogP contribution in [-0.2, 0) is 17.9 Å². The summed E-state index contributed by atoms with van der Waals surface area (Å²) < 4.78 is 5.78. The molecule has 1 amide bonds. The summed E-state index contributed by atoms with van der Waals surface area (Å²) in [6, 6.07) is 10.5. The molecule has 3 N–H and O–H groups in total. The molecule has 1 saturated heterocycles. The third-order valence-electron chi connectivity index (χ3n) is 5.66. The molecule has 7 nitrogen and oxygen atoms in total. The Balaban J connectivity index is 1.54. The SMILES string of the molecule is CCCCOc1cc2c(c(N)n1)NC(=O)CN2Cc1cccc(CN2CCCC2)c1. The van der Waals surface area contributed by atoms with Crippen molar-refractivity contribution < 1.29 is 9.53 Å². The molecule has 0 atom stereocenters. The second-order valence-electron chi connectivity index (χ2n) is 8.15. The van der Waals surface area contributed by atoms with E-state index in [-0.39, 0.29) is 12.5 Å². The first-order valence-corrected chi connectivity index (χ1v) is 10.9. The molecular formula is C23H31N5O2. The van der Waals surface area contributed by atoms with E-state index < -0.39 is 0 Å². The van der Waals surface area contributed by atoms with Crippen LogP contribution < -0.4 is 20.7 Å². The van der Waals surface area contributed by atoms with Crippen LogP contribution in [0.3, 0.4) is 0 Å². The van der Waals surface area contributed by atoms with Gasteiger partial charge in [-0.1, -0.05) is 37.6 Å². The van der Waals surface area contributed by atoms with Crippen LogP contribution in [0.2, 0.25) is 0 Å². The minimum absolute atomic E-state index is 0.0797. The fourth-order valence-electron chi connectivity index (χ4n) is 4.12. The molecule has 3 heterocycles. The Bertz CT molecular complexity index is 895. The summed E-state index contributed by atoms with van der Waals surface area (Å²) in [7, 11) is 0. The van der Waals surface area contributed by atoms with Crippen LogP contribution in [0.1, 0.15) is 43.7 Å². The number of fused-ring (bicyclic) bond motifs is 1. The lowest BCUT2D eigenvalue weighted by atomic mass is 10.1. The van der Waals surface area contributed by atoms with E-state index in [2.05, 4.69) is 46.4 Å². The summed E-state index contributed by atoms with van der Waals surface area (Å²) in [4.78, 5) is 21.2. The fraction of sp³-hybridized carbons (Fsp3) is 0.478. The second-order valence-corrected chi connectivity index (χ2v) is 8.15. The van der Waals surface area contributed by atoms with E-state index in [9.17, 15) is 4.79 Å². The number of rotatable bonds is 8.